The summed E-state index contributed by atoms with van der Waals surface area (Å²) in [5.41, 5.74) is 2.06. The molecule has 0 heterocycles. The molecule has 0 saturated carbocycles. The van der Waals surface area contributed by atoms with Crippen molar-refractivity contribution >= 4 is 37.1 Å². The van der Waals surface area contributed by atoms with Crippen LogP contribution in [0.1, 0.15) is 32.8 Å². The molecule has 0 fully saturated rings. The number of rotatable bonds is 5. The van der Waals surface area contributed by atoms with Crippen LogP contribution < -0.4 is 0 Å². The first kappa shape index (κ1) is 17.8. The second kappa shape index (κ2) is 6.65. The van der Waals surface area contributed by atoms with Crippen molar-refractivity contribution in [2.24, 2.45) is 0 Å². The first-order chi connectivity index (χ1) is 9.04. The van der Waals surface area contributed by atoms with E-state index < -0.39 is 8.32 Å². The Morgan fingerprint density at radius 1 is 1.20 bits per heavy atom. The van der Waals surface area contributed by atoms with Gasteiger partial charge in [0.05, 0.1) is 10.0 Å². The van der Waals surface area contributed by atoms with Gasteiger partial charge in [0.1, 0.15) is 0 Å². The van der Waals surface area contributed by atoms with Crippen molar-refractivity contribution in [1.29, 1.82) is 0 Å². The molecule has 0 amide bonds. The Balaban J connectivity index is 2.58. The minimum atomic E-state index is -1.68. The van der Waals surface area contributed by atoms with Crippen LogP contribution in [0.25, 0.3) is 5.57 Å². The SMILES string of the molecule is C=C(CCO[Si](C)(C)C(C)(C)C)c1ccc(Cl)c(Cl)c1. The highest BCUT2D eigenvalue weighted by Gasteiger charge is 2.36. The first-order valence-electron chi connectivity index (χ1n) is 6.82. The molecule has 112 valence electrons. The number of halogens is 2. The molecule has 0 bridgehead atoms. The molecule has 0 radical (unpaired) electrons. The smallest absolute Gasteiger partial charge is 0.191 e. The van der Waals surface area contributed by atoms with Gasteiger partial charge < -0.3 is 4.43 Å². The van der Waals surface area contributed by atoms with Crippen LogP contribution in [0.15, 0.2) is 24.8 Å². The lowest BCUT2D eigenvalue weighted by Gasteiger charge is -2.36. The molecule has 1 nitrogen and oxygen atoms in total. The predicted octanol–water partition coefficient (Wildman–Crippen LogP) is 6.42. The van der Waals surface area contributed by atoms with Crippen LogP contribution in [-0.2, 0) is 4.43 Å². The van der Waals surface area contributed by atoms with Gasteiger partial charge in [0.25, 0.3) is 0 Å². The molecular formula is C16H24Cl2OSi. The van der Waals surface area contributed by atoms with Crippen LogP contribution in [-0.4, -0.2) is 14.9 Å². The van der Waals surface area contributed by atoms with Crippen molar-refractivity contribution in [2.45, 2.75) is 45.3 Å². The highest BCUT2D eigenvalue weighted by atomic mass is 35.5. The molecule has 0 spiro atoms. The van der Waals surface area contributed by atoms with Crippen molar-refractivity contribution in [2.75, 3.05) is 6.61 Å². The standard InChI is InChI=1S/C16H24Cl2OSi/c1-12(13-7-8-14(17)15(18)11-13)9-10-19-20(5,6)16(2,3)4/h7-8,11H,1,9-10H2,2-6H3. The topological polar surface area (TPSA) is 9.23 Å². The fourth-order valence-corrected chi connectivity index (χ4v) is 2.85. The summed E-state index contributed by atoms with van der Waals surface area (Å²) in [5.74, 6) is 0. The summed E-state index contributed by atoms with van der Waals surface area (Å²) in [6, 6.07) is 5.61. The zero-order valence-corrected chi connectivity index (χ0v) is 15.5. The van der Waals surface area contributed by atoms with E-state index in [0.717, 1.165) is 17.6 Å². The summed E-state index contributed by atoms with van der Waals surface area (Å²) in [7, 11) is -1.68. The van der Waals surface area contributed by atoms with Crippen LogP contribution in [0.3, 0.4) is 0 Å². The quantitative estimate of drug-likeness (QED) is 0.566. The van der Waals surface area contributed by atoms with Crippen LogP contribution in [0, 0.1) is 0 Å². The lowest BCUT2D eigenvalue weighted by molar-refractivity contribution is 0.296. The Bertz CT molecular complexity index is 490. The predicted molar refractivity (Wildman–Crippen MR) is 93.3 cm³/mol. The average Bonchev–Trinajstić information content (AvgIpc) is 2.30. The lowest BCUT2D eigenvalue weighted by atomic mass is 10.1. The Morgan fingerprint density at radius 2 is 1.80 bits per heavy atom. The van der Waals surface area contributed by atoms with Crippen molar-refractivity contribution in [1.82, 2.24) is 0 Å². The minimum Gasteiger partial charge on any atom is -0.416 e. The van der Waals surface area contributed by atoms with Crippen molar-refractivity contribution in [3.63, 3.8) is 0 Å². The molecule has 20 heavy (non-hydrogen) atoms. The molecule has 0 aromatic heterocycles. The summed E-state index contributed by atoms with van der Waals surface area (Å²) < 4.78 is 6.16. The third-order valence-corrected chi connectivity index (χ3v) is 9.28. The van der Waals surface area contributed by atoms with Gasteiger partial charge in [-0.05, 0) is 47.8 Å². The molecule has 0 aliphatic rings. The van der Waals surface area contributed by atoms with E-state index in [4.69, 9.17) is 27.6 Å². The van der Waals surface area contributed by atoms with Gasteiger partial charge in [0.15, 0.2) is 8.32 Å². The van der Waals surface area contributed by atoms with Gasteiger partial charge in [-0.3, -0.25) is 0 Å². The number of benzene rings is 1. The maximum Gasteiger partial charge on any atom is 0.191 e. The molecule has 1 rings (SSSR count). The monoisotopic (exact) mass is 330 g/mol. The molecule has 1 aromatic rings. The molecule has 4 heteroatoms. The molecule has 1 aromatic carbocycles. The normalized spacial score (nSPS) is 12.6. The summed E-state index contributed by atoms with van der Waals surface area (Å²) >= 11 is 11.9. The lowest BCUT2D eigenvalue weighted by Crippen LogP contribution is -2.40. The second-order valence-electron chi connectivity index (χ2n) is 6.59. The van der Waals surface area contributed by atoms with Crippen molar-refractivity contribution < 1.29 is 4.43 Å². The van der Waals surface area contributed by atoms with Gasteiger partial charge in [-0.25, -0.2) is 0 Å². The summed E-state index contributed by atoms with van der Waals surface area (Å²) in [4.78, 5) is 0. The highest BCUT2D eigenvalue weighted by Crippen LogP contribution is 2.37. The Hall–Kier alpha value is -0.283. The molecule has 0 saturated heterocycles. The van der Waals surface area contributed by atoms with E-state index in [2.05, 4.69) is 40.4 Å². The van der Waals surface area contributed by atoms with E-state index >= 15 is 0 Å². The van der Waals surface area contributed by atoms with Crippen molar-refractivity contribution in [3.8, 4) is 0 Å². The van der Waals surface area contributed by atoms with E-state index in [-0.39, 0.29) is 5.04 Å². The Morgan fingerprint density at radius 3 is 2.30 bits per heavy atom. The van der Waals surface area contributed by atoms with Crippen LogP contribution >= 0.6 is 23.2 Å². The van der Waals surface area contributed by atoms with Gasteiger partial charge in [-0.1, -0.05) is 56.6 Å². The second-order valence-corrected chi connectivity index (χ2v) is 12.2. The summed E-state index contributed by atoms with van der Waals surface area (Å²) in [5, 5.41) is 1.37. The molecule has 0 atom stereocenters. The maximum atomic E-state index is 6.16. The third kappa shape index (κ3) is 4.63. The number of hydrogen-bond acceptors (Lipinski definition) is 1. The van der Waals surface area contributed by atoms with Gasteiger partial charge in [-0.15, -0.1) is 0 Å². The molecule has 0 N–H and O–H groups in total. The van der Waals surface area contributed by atoms with Crippen LogP contribution in [0.2, 0.25) is 28.2 Å². The van der Waals surface area contributed by atoms with Crippen LogP contribution in [0.5, 0.6) is 0 Å². The van der Waals surface area contributed by atoms with E-state index in [9.17, 15) is 0 Å². The van der Waals surface area contributed by atoms with Crippen LogP contribution in [0.4, 0.5) is 0 Å². The zero-order valence-electron chi connectivity index (χ0n) is 13.0. The fourth-order valence-electron chi connectivity index (χ4n) is 1.51. The minimum absolute atomic E-state index is 0.234. The first-order valence-corrected chi connectivity index (χ1v) is 10.5. The largest absolute Gasteiger partial charge is 0.416 e. The summed E-state index contributed by atoms with van der Waals surface area (Å²) in [6.45, 7) is 16.1. The average molecular weight is 331 g/mol. The van der Waals surface area contributed by atoms with E-state index in [1.54, 1.807) is 6.07 Å². The van der Waals surface area contributed by atoms with Gasteiger partial charge in [0, 0.05) is 6.61 Å². The fraction of sp³-hybridized carbons (Fsp3) is 0.500. The zero-order chi connectivity index (χ0) is 15.6. The van der Waals surface area contributed by atoms with Gasteiger partial charge in [-0.2, -0.15) is 0 Å². The number of hydrogen-bond donors (Lipinski definition) is 0. The Kier molecular flexibility index (Phi) is 5.91. The molecule has 0 unspecified atom stereocenters. The molecule has 0 aliphatic carbocycles. The van der Waals surface area contributed by atoms with Gasteiger partial charge >= 0.3 is 0 Å². The molecule has 0 aliphatic heterocycles. The maximum absolute atomic E-state index is 6.16. The Labute approximate surface area is 134 Å². The molecular weight excluding hydrogens is 307 g/mol. The van der Waals surface area contributed by atoms with E-state index in [1.165, 1.54) is 0 Å². The highest BCUT2D eigenvalue weighted by molar-refractivity contribution is 6.74. The van der Waals surface area contributed by atoms with E-state index in [1.807, 2.05) is 12.1 Å². The van der Waals surface area contributed by atoms with E-state index in [0.29, 0.717) is 16.7 Å². The van der Waals surface area contributed by atoms with Crippen molar-refractivity contribution in [3.05, 3.63) is 40.4 Å². The third-order valence-electron chi connectivity index (χ3n) is 4.00. The summed E-state index contributed by atoms with van der Waals surface area (Å²) in [6.07, 6.45) is 0.810. The van der Waals surface area contributed by atoms with Gasteiger partial charge in [0.2, 0.25) is 0 Å².